The van der Waals surface area contributed by atoms with Crippen LogP contribution in [-0.2, 0) is 83.4 Å². The number of rotatable bonds is 34. The summed E-state index contributed by atoms with van der Waals surface area (Å²) < 4.78 is 0. The fraction of sp³-hybridized carbons (Fsp3) is 0.639. The largest absolute Gasteiger partial charge is 2.00 e. The van der Waals surface area contributed by atoms with Crippen molar-refractivity contribution in [3.8, 4) is 0 Å². The zero-order chi connectivity index (χ0) is 51.1. The molecule has 0 aromatic rings. The van der Waals surface area contributed by atoms with Gasteiger partial charge in [-0.05, 0) is 26.9 Å². The van der Waals surface area contributed by atoms with Gasteiger partial charge in [-0.25, -0.2) is 0 Å². The molecule has 0 unspecified atom stereocenters. The third-order valence-electron chi connectivity index (χ3n) is 8.26. The number of guanidine groups is 1. The number of nitrogens with two attached hydrogens (primary N) is 3. The van der Waals surface area contributed by atoms with E-state index in [4.69, 9.17) is 17.2 Å². The van der Waals surface area contributed by atoms with Crippen molar-refractivity contribution in [2.45, 2.75) is 69.2 Å². The second-order valence-electron chi connectivity index (χ2n) is 14.4. The van der Waals surface area contributed by atoms with E-state index in [0.717, 1.165) is 11.8 Å². The summed E-state index contributed by atoms with van der Waals surface area (Å²) in [4.78, 5) is 152. The van der Waals surface area contributed by atoms with Gasteiger partial charge in [-0.1, -0.05) is 0 Å². The number of nitrogens with zero attached hydrogens (tertiary/aromatic N) is 2. The summed E-state index contributed by atoms with van der Waals surface area (Å²) in [5, 5.41) is 56.9. The van der Waals surface area contributed by atoms with Crippen LogP contribution in [0.2, 0.25) is 0 Å². The Morgan fingerprint density at radius 1 is 0.609 bits per heavy atom. The summed E-state index contributed by atoms with van der Waals surface area (Å²) in [6.45, 7) is -2.88. The van der Waals surface area contributed by atoms with Gasteiger partial charge in [0.05, 0.1) is 37.6 Å². The molecule has 31 nitrogen and oxygen atoms in total. The molecule has 69 heavy (non-hydrogen) atoms. The number of amides is 11. The zero-order valence-electron chi connectivity index (χ0n) is 37.9. The van der Waals surface area contributed by atoms with Gasteiger partial charge in [-0.2, -0.15) is 0 Å². The fourth-order valence-corrected chi connectivity index (χ4v) is 5.88. The van der Waals surface area contributed by atoms with E-state index < -0.39 is 128 Å². The summed E-state index contributed by atoms with van der Waals surface area (Å²) in [5.74, 6) is -11.3. The number of carbonyl (C=O) groups is 12. The van der Waals surface area contributed by atoms with E-state index in [1.54, 1.807) is 14.1 Å². The minimum Gasteiger partial charge on any atom is -2.00 e. The molecule has 0 fully saturated rings. The SMILES string of the molecule is CC(=O)NCSC[C@H](NC(=O)[C@H](C[O-])NC(=O)CN(C)C)C(=O)NCC(=O)NCCC(=O)NCCC(=O)N[C@@H](CCCN=C(N)N)C(=O)NCC(=O)N[C@@H](CC(=O)[O-])C(=O)N[C@@H](C[O-])C(N)=O.[O-2].[Re]. The van der Waals surface area contributed by atoms with E-state index in [1.165, 1.54) is 11.8 Å². The first kappa shape index (κ1) is 67.0. The van der Waals surface area contributed by atoms with Crippen LogP contribution in [0.5, 0.6) is 0 Å². The van der Waals surface area contributed by atoms with Gasteiger partial charge in [0, 0.05) is 78.0 Å². The van der Waals surface area contributed by atoms with Gasteiger partial charge in [0.15, 0.2) is 5.96 Å². The zero-order valence-corrected chi connectivity index (χ0v) is 41.5. The van der Waals surface area contributed by atoms with Crippen LogP contribution in [0.4, 0.5) is 0 Å². The van der Waals surface area contributed by atoms with Gasteiger partial charge in [0.1, 0.15) is 18.1 Å². The Bertz CT molecular complexity index is 1780. The summed E-state index contributed by atoms with van der Waals surface area (Å²) in [6, 6.07) is -7.64. The normalized spacial score (nSPS) is 12.4. The summed E-state index contributed by atoms with van der Waals surface area (Å²) in [6.07, 6.45) is -1.61. The summed E-state index contributed by atoms with van der Waals surface area (Å²) in [7, 11) is 3.20. The van der Waals surface area contributed by atoms with E-state index in [1.807, 2.05) is 10.6 Å². The minimum atomic E-state index is -1.83. The molecule has 0 aromatic carbocycles. The fourth-order valence-electron chi connectivity index (χ4n) is 4.99. The Morgan fingerprint density at radius 3 is 1.65 bits per heavy atom. The molecule has 0 saturated heterocycles. The Kier molecular flexibility index (Phi) is 36.6. The second-order valence-corrected chi connectivity index (χ2v) is 15.4. The summed E-state index contributed by atoms with van der Waals surface area (Å²) >= 11 is 1.04. The van der Waals surface area contributed by atoms with Crippen molar-refractivity contribution in [1.82, 2.24) is 58.1 Å². The van der Waals surface area contributed by atoms with Gasteiger partial charge in [-0.15, -0.1) is 25.0 Å². The number of aliphatic carboxylic acids is 1. The maximum Gasteiger partial charge on any atom is 0.243 e. The molecule has 1 radical (unpaired) electrons. The van der Waals surface area contributed by atoms with Crippen LogP contribution in [0.3, 0.4) is 0 Å². The molecule has 0 spiro atoms. The van der Waals surface area contributed by atoms with Crippen molar-refractivity contribution >= 4 is 88.7 Å². The molecule has 0 aromatic heterocycles. The van der Waals surface area contributed by atoms with E-state index in [0.29, 0.717) is 0 Å². The average Bonchev–Trinajstić information content (AvgIpc) is 3.23. The molecule has 0 heterocycles. The predicted molar refractivity (Wildman–Crippen MR) is 230 cm³/mol. The molecule has 393 valence electrons. The van der Waals surface area contributed by atoms with Crippen LogP contribution in [0.1, 0.15) is 39.0 Å². The number of carbonyl (C=O) groups excluding carboxylic acids is 12. The molecule has 0 aliphatic carbocycles. The molecular formula is C36H60N15O16ReS-5. The standard InChI is InChI=1S/C36H61N15O15S.O.Re/c1-19(54)45-18-67-17-24(50-35(66)23(16-53)48-29(59)14-51(2)3)33(64)43-12-27(57)41-9-6-25(55)40-10-7-26(56)46-20(5-4-8-42-36(38)39)32(63)44-13-28(58)47-21(11-30(60)61)34(65)49-22(15-52)31(37)62;;/h20-24H,4-18H2,1-3H3,(H2,37,62)(H,40,55)(H,41,57)(H,43,64)(H,44,63)(H,45,54)(H,46,56)(H,47,58)(H,48,59)(H,49,65)(H,50,66)(H,60,61)(H4,38,39,42);;/q2*-2;/p-1/t20-,21-,22-,23-,24-;;/m0../s1. The van der Waals surface area contributed by atoms with Crippen LogP contribution in [0.25, 0.3) is 0 Å². The molecule has 5 atom stereocenters. The topological polar surface area (TPSA) is 516 Å². The Morgan fingerprint density at radius 2 is 1.12 bits per heavy atom. The Hall–Kier alpha value is -6.24. The molecule has 0 aliphatic rings. The number of hydrogen-bond acceptors (Lipinski definition) is 18. The quantitative estimate of drug-likeness (QED) is 0.0123. The van der Waals surface area contributed by atoms with Crippen LogP contribution in [-0.4, -0.2) is 190 Å². The number of thioether (sulfide) groups is 1. The average molecular weight is 1180 g/mol. The second kappa shape index (κ2) is 37.7. The van der Waals surface area contributed by atoms with Gasteiger partial charge < -0.3 is 101 Å². The van der Waals surface area contributed by atoms with Gasteiger partial charge in [0.2, 0.25) is 65.0 Å². The van der Waals surface area contributed by atoms with Crippen molar-refractivity contribution in [3.63, 3.8) is 0 Å². The van der Waals surface area contributed by atoms with Crippen molar-refractivity contribution in [2.75, 3.05) is 78.2 Å². The van der Waals surface area contributed by atoms with Crippen LogP contribution in [0.15, 0.2) is 4.99 Å². The van der Waals surface area contributed by atoms with Gasteiger partial charge in [0.25, 0.3) is 0 Å². The maximum atomic E-state index is 13.0. The molecule has 0 rings (SSSR count). The number of nitrogens with one attached hydrogen (secondary N) is 10. The van der Waals surface area contributed by atoms with Crippen molar-refractivity contribution in [2.24, 2.45) is 22.2 Å². The van der Waals surface area contributed by atoms with E-state index >= 15 is 0 Å². The first-order chi connectivity index (χ1) is 31.5. The Labute approximate surface area is 413 Å². The van der Waals surface area contributed by atoms with Crippen molar-refractivity contribution < 1.29 is 98.8 Å². The molecule has 0 aliphatic heterocycles. The molecule has 0 saturated carbocycles. The maximum absolute atomic E-state index is 13.0. The number of carboxylic acids is 1. The molecule has 33 heteroatoms. The molecule has 11 amide bonds. The third-order valence-corrected chi connectivity index (χ3v) is 9.18. The van der Waals surface area contributed by atoms with Crippen LogP contribution < -0.4 is 85.7 Å². The third kappa shape index (κ3) is 33.0. The van der Waals surface area contributed by atoms with Gasteiger partial charge in [-0.3, -0.25) is 57.7 Å². The van der Waals surface area contributed by atoms with Crippen LogP contribution >= 0.6 is 11.8 Å². The number of carboxylic acid groups (broad SMARTS) is 1. The smallest absolute Gasteiger partial charge is 0.243 e. The van der Waals surface area contributed by atoms with E-state index in [2.05, 4.69) is 47.5 Å². The Balaban J connectivity index is -0.0000218. The minimum absolute atomic E-state index is 0. The number of hydrogen-bond donors (Lipinski definition) is 13. The van der Waals surface area contributed by atoms with E-state index in [-0.39, 0.29) is 101 Å². The van der Waals surface area contributed by atoms with Gasteiger partial charge >= 0.3 is 0 Å². The number of aliphatic imine (C=N–C) groups is 1. The predicted octanol–water partition coefficient (Wildman–Crippen LogP) is -12.7. The van der Waals surface area contributed by atoms with E-state index in [9.17, 15) is 72.9 Å². The monoisotopic (exact) mass is 1180 g/mol. The molecule has 16 N–H and O–H groups in total. The number of likely N-dealkylation sites (N-methyl/N-ethyl adjacent to an activating group) is 1. The first-order valence-electron chi connectivity index (χ1n) is 20.2. The van der Waals surface area contributed by atoms with Crippen LogP contribution in [0, 0.1) is 0 Å². The van der Waals surface area contributed by atoms with Crippen molar-refractivity contribution in [3.05, 3.63) is 0 Å². The van der Waals surface area contributed by atoms with Crippen molar-refractivity contribution in [1.29, 1.82) is 0 Å². The summed E-state index contributed by atoms with van der Waals surface area (Å²) in [5.41, 5.74) is 15.6. The first-order valence-corrected chi connectivity index (χ1v) is 21.4. The number of primary amides is 1. The molecule has 0 bridgehead atoms. The molecular weight excluding hydrogens is 1120 g/mol.